The highest BCUT2D eigenvalue weighted by molar-refractivity contribution is 5.74. The van der Waals surface area contributed by atoms with Crippen LogP contribution in [-0.4, -0.2) is 73.9 Å². The molecule has 0 bridgehead atoms. The first-order chi connectivity index (χ1) is 17.4. The Labute approximate surface area is 219 Å². The second kappa shape index (κ2) is 14.9. The fourth-order valence-electron chi connectivity index (χ4n) is 6.32. The zero-order valence-electron chi connectivity index (χ0n) is 23.1. The number of carbonyl (C=O) groups excluding carboxylic acids is 1. The summed E-state index contributed by atoms with van der Waals surface area (Å²) >= 11 is 0. The molecule has 2 aliphatic rings. The number of ether oxygens (including phenoxy) is 1. The molecule has 0 unspecified atom stereocenters. The highest BCUT2D eigenvalue weighted by Gasteiger charge is 2.41. The molecule has 36 heavy (non-hydrogen) atoms. The third-order valence-electron chi connectivity index (χ3n) is 8.21. The lowest BCUT2D eigenvalue weighted by atomic mass is 9.74. The van der Waals surface area contributed by atoms with E-state index in [-0.39, 0.29) is 18.0 Å². The first-order valence-electron chi connectivity index (χ1n) is 14.5. The number of piperidine rings is 1. The number of nitrogens with one attached hydrogen (secondary N) is 1. The molecule has 1 saturated heterocycles. The summed E-state index contributed by atoms with van der Waals surface area (Å²) in [5, 5.41) is 15.5. The Morgan fingerprint density at radius 1 is 1.14 bits per heavy atom. The predicted molar refractivity (Wildman–Crippen MR) is 147 cm³/mol. The molecule has 3 rings (SSSR count). The molecular weight excluding hydrogens is 450 g/mol. The topological polar surface area (TPSA) is 65.0 Å². The van der Waals surface area contributed by atoms with Crippen LogP contribution in [0.15, 0.2) is 30.3 Å². The van der Waals surface area contributed by atoms with Gasteiger partial charge in [-0.25, -0.2) is 4.79 Å². The molecule has 1 aromatic carbocycles. The van der Waals surface area contributed by atoms with E-state index in [1.54, 1.807) is 0 Å². The Balaban J connectivity index is 1.65. The molecule has 3 atom stereocenters. The molecule has 0 spiro atoms. The molecule has 2 N–H and O–H groups in total. The van der Waals surface area contributed by atoms with Crippen LogP contribution in [0.2, 0.25) is 0 Å². The number of urea groups is 1. The molecule has 1 saturated carbocycles. The number of rotatable bonds is 13. The van der Waals surface area contributed by atoms with E-state index < -0.39 is 5.60 Å². The monoisotopic (exact) mass is 501 g/mol. The minimum absolute atomic E-state index is 0.0251. The van der Waals surface area contributed by atoms with E-state index in [1.807, 2.05) is 42.2 Å². The minimum atomic E-state index is -0.933. The average Bonchev–Trinajstić information content (AvgIpc) is 2.89. The van der Waals surface area contributed by atoms with E-state index in [2.05, 4.69) is 24.3 Å². The van der Waals surface area contributed by atoms with Gasteiger partial charge in [0, 0.05) is 44.8 Å². The summed E-state index contributed by atoms with van der Waals surface area (Å²) in [4.78, 5) is 17.6. The quantitative estimate of drug-likeness (QED) is 0.355. The molecule has 2 amide bonds. The Bertz CT molecular complexity index is 753. The number of likely N-dealkylation sites (tertiary alicyclic amines) is 1. The van der Waals surface area contributed by atoms with Gasteiger partial charge in [0.15, 0.2) is 0 Å². The van der Waals surface area contributed by atoms with Crippen LogP contribution in [0.5, 0.6) is 0 Å². The Hall–Kier alpha value is -1.63. The average molecular weight is 502 g/mol. The van der Waals surface area contributed by atoms with Crippen molar-refractivity contribution in [3.8, 4) is 0 Å². The number of carbonyl (C=O) groups is 1. The Kier molecular flexibility index (Phi) is 12.0. The molecule has 0 radical (unpaired) electrons. The Morgan fingerprint density at radius 3 is 2.58 bits per heavy atom. The van der Waals surface area contributed by atoms with Gasteiger partial charge in [-0.3, -0.25) is 0 Å². The van der Waals surface area contributed by atoms with E-state index >= 15 is 0 Å². The molecule has 6 heteroatoms. The first-order valence-corrected chi connectivity index (χ1v) is 14.5. The van der Waals surface area contributed by atoms with E-state index in [0.29, 0.717) is 13.0 Å². The lowest BCUT2D eigenvalue weighted by Gasteiger charge is -2.43. The third-order valence-corrected chi connectivity index (χ3v) is 8.21. The summed E-state index contributed by atoms with van der Waals surface area (Å²) in [7, 11) is 4.17. The number of hydrogen-bond acceptors (Lipinski definition) is 4. The summed E-state index contributed by atoms with van der Waals surface area (Å²) in [6.45, 7) is 5.70. The largest absolute Gasteiger partial charge is 0.385 e. The second-order valence-corrected chi connectivity index (χ2v) is 11.4. The number of nitrogens with zero attached hydrogens (tertiary/aromatic N) is 2. The van der Waals surface area contributed by atoms with Crippen molar-refractivity contribution in [1.29, 1.82) is 0 Å². The van der Waals surface area contributed by atoms with E-state index in [1.165, 1.54) is 32.1 Å². The van der Waals surface area contributed by atoms with Gasteiger partial charge in [-0.15, -0.1) is 0 Å². The highest BCUT2D eigenvalue weighted by atomic mass is 16.5. The van der Waals surface area contributed by atoms with Crippen molar-refractivity contribution in [2.45, 2.75) is 89.2 Å². The molecular formula is C30H51N3O3. The van der Waals surface area contributed by atoms with Gasteiger partial charge < -0.3 is 25.0 Å². The van der Waals surface area contributed by atoms with E-state index in [4.69, 9.17) is 4.74 Å². The van der Waals surface area contributed by atoms with Crippen molar-refractivity contribution < 1.29 is 14.6 Å². The van der Waals surface area contributed by atoms with Crippen LogP contribution in [0.1, 0.15) is 83.1 Å². The summed E-state index contributed by atoms with van der Waals surface area (Å²) < 4.78 is 5.52. The predicted octanol–water partition coefficient (Wildman–Crippen LogP) is 5.40. The number of likely N-dealkylation sites (N-methyl/N-ethyl adjacent to an activating group) is 1. The number of aliphatic hydroxyl groups is 1. The van der Waals surface area contributed by atoms with Gasteiger partial charge in [0.05, 0.1) is 5.60 Å². The van der Waals surface area contributed by atoms with Crippen LogP contribution in [0.3, 0.4) is 0 Å². The van der Waals surface area contributed by atoms with Crippen LogP contribution < -0.4 is 5.32 Å². The van der Waals surface area contributed by atoms with Crippen LogP contribution in [0.25, 0.3) is 0 Å². The molecule has 204 valence electrons. The van der Waals surface area contributed by atoms with Crippen LogP contribution in [0.4, 0.5) is 4.79 Å². The standard InChI is InChI=1S/C30H51N3O3/c1-4-36-21-12-11-19-30(35,26-16-9-6-10-17-26)27-18-13-20-33(23-27)29(34)31-28(24-32(2)3)22-25-14-7-5-8-15-25/h6,9-10,16-17,25,27-28,35H,4-5,7-8,11-15,18-24H2,1-3H3,(H,31,34)/t27-,28+,30-/m0/s1. The van der Waals surface area contributed by atoms with Gasteiger partial charge in [0.1, 0.15) is 0 Å². The summed E-state index contributed by atoms with van der Waals surface area (Å²) in [5.74, 6) is 0.745. The van der Waals surface area contributed by atoms with E-state index in [9.17, 15) is 9.90 Å². The molecule has 0 aromatic heterocycles. The van der Waals surface area contributed by atoms with Crippen molar-refractivity contribution >= 4 is 6.03 Å². The molecule has 1 aromatic rings. The first kappa shape index (κ1) is 28.9. The van der Waals surface area contributed by atoms with E-state index in [0.717, 1.165) is 69.9 Å². The van der Waals surface area contributed by atoms with Gasteiger partial charge in [0.25, 0.3) is 0 Å². The molecule has 6 nitrogen and oxygen atoms in total. The molecule has 1 aliphatic heterocycles. The molecule has 1 aliphatic carbocycles. The summed E-state index contributed by atoms with van der Waals surface area (Å²) in [5.41, 5.74) is 0.0360. The van der Waals surface area contributed by atoms with Crippen molar-refractivity contribution in [1.82, 2.24) is 15.1 Å². The van der Waals surface area contributed by atoms with Crippen LogP contribution in [0, 0.1) is 11.8 Å². The van der Waals surface area contributed by atoms with Crippen LogP contribution in [-0.2, 0) is 10.3 Å². The van der Waals surface area contributed by atoms with Crippen molar-refractivity contribution in [3.05, 3.63) is 35.9 Å². The highest BCUT2D eigenvalue weighted by Crippen LogP contribution is 2.39. The van der Waals surface area contributed by atoms with Gasteiger partial charge in [-0.2, -0.15) is 0 Å². The molecule has 2 fully saturated rings. The number of benzene rings is 1. The lowest BCUT2D eigenvalue weighted by Crippen LogP contribution is -2.54. The Morgan fingerprint density at radius 2 is 1.89 bits per heavy atom. The zero-order chi connectivity index (χ0) is 25.8. The van der Waals surface area contributed by atoms with Crippen LogP contribution >= 0.6 is 0 Å². The normalized spacial score (nSPS) is 21.8. The maximum atomic E-state index is 13.5. The van der Waals surface area contributed by atoms with Gasteiger partial charge >= 0.3 is 6.03 Å². The SMILES string of the molecule is CCOCCCC[C@](O)(c1ccccc1)[C@H]1CCCN(C(=O)N[C@H](CC2CCCCC2)CN(C)C)C1. The minimum Gasteiger partial charge on any atom is -0.385 e. The van der Waals surface area contributed by atoms with Crippen molar-refractivity contribution in [2.24, 2.45) is 11.8 Å². The number of hydrogen-bond donors (Lipinski definition) is 2. The third kappa shape index (κ3) is 8.74. The summed E-state index contributed by atoms with van der Waals surface area (Å²) in [6, 6.07) is 10.3. The zero-order valence-corrected chi connectivity index (χ0v) is 23.1. The fraction of sp³-hybridized carbons (Fsp3) is 0.767. The number of unbranched alkanes of at least 4 members (excludes halogenated alkanes) is 1. The molecule has 1 heterocycles. The maximum Gasteiger partial charge on any atom is 0.317 e. The van der Waals surface area contributed by atoms with Gasteiger partial charge in [-0.1, -0.05) is 62.4 Å². The smallest absolute Gasteiger partial charge is 0.317 e. The second-order valence-electron chi connectivity index (χ2n) is 11.4. The van der Waals surface area contributed by atoms with Crippen molar-refractivity contribution in [2.75, 3.05) is 46.9 Å². The lowest BCUT2D eigenvalue weighted by molar-refractivity contribution is -0.0566. The maximum absolute atomic E-state index is 13.5. The van der Waals surface area contributed by atoms with Gasteiger partial charge in [-0.05, 0) is 71.0 Å². The summed E-state index contributed by atoms with van der Waals surface area (Å²) in [6.07, 6.45) is 12.0. The van der Waals surface area contributed by atoms with Gasteiger partial charge in [0.2, 0.25) is 0 Å². The number of amides is 2. The van der Waals surface area contributed by atoms with Crippen molar-refractivity contribution in [3.63, 3.8) is 0 Å². The fourth-order valence-corrected chi connectivity index (χ4v) is 6.32.